The summed E-state index contributed by atoms with van der Waals surface area (Å²) in [5.41, 5.74) is 0.853. The molecule has 0 spiro atoms. The van der Waals surface area contributed by atoms with Gasteiger partial charge in [0.15, 0.2) is 11.5 Å². The van der Waals surface area contributed by atoms with Crippen molar-refractivity contribution >= 4 is 0 Å². The fraction of sp³-hybridized carbons (Fsp3) is 0.429. The number of nitrogens with one attached hydrogen (secondary N) is 1. The summed E-state index contributed by atoms with van der Waals surface area (Å²) in [6.07, 6.45) is 6.49. The van der Waals surface area contributed by atoms with Gasteiger partial charge in [-0.05, 0) is 19.0 Å². The lowest BCUT2D eigenvalue weighted by Gasteiger charge is -2.12. The summed E-state index contributed by atoms with van der Waals surface area (Å²) >= 11 is 0. The number of hydrogen-bond donors (Lipinski definition) is 1. The van der Waals surface area contributed by atoms with E-state index in [1.54, 1.807) is 32.7 Å². The van der Waals surface area contributed by atoms with Crippen molar-refractivity contribution in [3.63, 3.8) is 0 Å². The van der Waals surface area contributed by atoms with Crippen LogP contribution in [-0.2, 0) is 13.1 Å². The maximum atomic E-state index is 5.34. The lowest BCUT2D eigenvalue weighted by Crippen LogP contribution is -2.18. The zero-order valence-electron chi connectivity index (χ0n) is 11.9. The molecule has 0 atom stereocenters. The Labute approximate surface area is 118 Å². The van der Waals surface area contributed by atoms with Crippen molar-refractivity contribution in [1.82, 2.24) is 20.1 Å². The molecule has 0 aliphatic carbocycles. The Kier molecular flexibility index (Phi) is 5.37. The molecule has 0 radical (unpaired) electrons. The van der Waals surface area contributed by atoms with Crippen LogP contribution in [0.1, 0.15) is 12.1 Å². The molecule has 0 aromatic carbocycles. The van der Waals surface area contributed by atoms with Crippen LogP contribution in [0.2, 0.25) is 0 Å². The van der Waals surface area contributed by atoms with E-state index in [1.807, 2.05) is 16.9 Å². The standard InChI is InChI=1S/C14H20N4O2/c1-19-13-5-8-16-12(14(13)20-2)11-15-6-3-9-18-10-4-7-17-18/h4-5,7-8,10,15H,3,6,9,11H2,1-2H3. The highest BCUT2D eigenvalue weighted by molar-refractivity contribution is 5.42. The Bertz CT molecular complexity index is 514. The van der Waals surface area contributed by atoms with Gasteiger partial charge in [-0.1, -0.05) is 0 Å². The number of ether oxygens (including phenoxy) is 2. The van der Waals surface area contributed by atoms with Crippen molar-refractivity contribution in [2.75, 3.05) is 20.8 Å². The summed E-state index contributed by atoms with van der Waals surface area (Å²) in [6, 6.07) is 3.72. The minimum Gasteiger partial charge on any atom is -0.493 e. The molecule has 0 aliphatic rings. The highest BCUT2D eigenvalue weighted by Crippen LogP contribution is 2.28. The van der Waals surface area contributed by atoms with E-state index >= 15 is 0 Å². The first-order valence-corrected chi connectivity index (χ1v) is 6.59. The maximum Gasteiger partial charge on any atom is 0.183 e. The van der Waals surface area contributed by atoms with Crippen molar-refractivity contribution in [3.05, 3.63) is 36.4 Å². The quantitative estimate of drug-likeness (QED) is 0.740. The molecule has 2 heterocycles. The van der Waals surface area contributed by atoms with Crippen LogP contribution in [0.5, 0.6) is 11.5 Å². The third-order valence-corrected chi connectivity index (χ3v) is 2.96. The van der Waals surface area contributed by atoms with Crippen molar-refractivity contribution in [1.29, 1.82) is 0 Å². The van der Waals surface area contributed by atoms with E-state index in [2.05, 4.69) is 15.4 Å². The molecular weight excluding hydrogens is 256 g/mol. The Balaban J connectivity index is 1.79. The van der Waals surface area contributed by atoms with E-state index in [4.69, 9.17) is 9.47 Å². The van der Waals surface area contributed by atoms with Gasteiger partial charge in [0.05, 0.1) is 19.9 Å². The van der Waals surface area contributed by atoms with Gasteiger partial charge in [0.1, 0.15) is 0 Å². The van der Waals surface area contributed by atoms with E-state index in [0.717, 1.165) is 25.2 Å². The molecule has 1 N–H and O–H groups in total. The molecule has 20 heavy (non-hydrogen) atoms. The summed E-state index contributed by atoms with van der Waals surface area (Å²) < 4.78 is 12.5. The number of nitrogens with zero attached hydrogens (tertiary/aromatic N) is 3. The van der Waals surface area contributed by atoms with Crippen LogP contribution < -0.4 is 14.8 Å². The van der Waals surface area contributed by atoms with Gasteiger partial charge in [0.2, 0.25) is 0 Å². The molecule has 6 heteroatoms. The SMILES string of the molecule is COc1ccnc(CNCCCn2cccn2)c1OC. The molecule has 2 rings (SSSR count). The Morgan fingerprint density at radius 2 is 2.15 bits per heavy atom. The fourth-order valence-electron chi connectivity index (χ4n) is 1.98. The number of pyridine rings is 1. The van der Waals surface area contributed by atoms with Crippen molar-refractivity contribution in [2.24, 2.45) is 0 Å². The topological polar surface area (TPSA) is 61.2 Å². The average molecular weight is 276 g/mol. The summed E-state index contributed by atoms with van der Waals surface area (Å²) in [5.74, 6) is 1.39. The van der Waals surface area contributed by atoms with Gasteiger partial charge in [-0.15, -0.1) is 0 Å². The van der Waals surface area contributed by atoms with Crippen LogP contribution in [-0.4, -0.2) is 35.5 Å². The van der Waals surface area contributed by atoms with Gasteiger partial charge in [0, 0.05) is 37.7 Å². The molecule has 0 unspecified atom stereocenters. The summed E-state index contributed by atoms with van der Waals surface area (Å²) in [7, 11) is 3.25. The lowest BCUT2D eigenvalue weighted by atomic mass is 10.3. The molecule has 6 nitrogen and oxygen atoms in total. The van der Waals surface area contributed by atoms with Crippen LogP contribution in [0.3, 0.4) is 0 Å². The molecular formula is C14H20N4O2. The van der Waals surface area contributed by atoms with Gasteiger partial charge in [-0.2, -0.15) is 5.10 Å². The van der Waals surface area contributed by atoms with Crippen molar-refractivity contribution in [2.45, 2.75) is 19.5 Å². The van der Waals surface area contributed by atoms with Gasteiger partial charge in [-0.3, -0.25) is 9.67 Å². The van der Waals surface area contributed by atoms with Gasteiger partial charge in [-0.25, -0.2) is 0 Å². The largest absolute Gasteiger partial charge is 0.493 e. The Morgan fingerprint density at radius 3 is 2.85 bits per heavy atom. The minimum absolute atomic E-state index is 0.652. The predicted molar refractivity (Wildman–Crippen MR) is 75.9 cm³/mol. The van der Waals surface area contributed by atoms with E-state index in [0.29, 0.717) is 18.0 Å². The second kappa shape index (κ2) is 7.49. The minimum atomic E-state index is 0.652. The van der Waals surface area contributed by atoms with E-state index in [1.165, 1.54) is 0 Å². The molecule has 0 amide bonds. The first-order chi connectivity index (χ1) is 9.85. The highest BCUT2D eigenvalue weighted by Gasteiger charge is 2.10. The highest BCUT2D eigenvalue weighted by atomic mass is 16.5. The predicted octanol–water partition coefficient (Wildman–Crippen LogP) is 1.48. The van der Waals surface area contributed by atoms with Crippen LogP contribution >= 0.6 is 0 Å². The number of rotatable bonds is 8. The Morgan fingerprint density at radius 1 is 1.25 bits per heavy atom. The number of aryl methyl sites for hydroxylation is 1. The van der Waals surface area contributed by atoms with E-state index in [9.17, 15) is 0 Å². The van der Waals surface area contributed by atoms with Crippen LogP contribution in [0.15, 0.2) is 30.7 Å². The first-order valence-electron chi connectivity index (χ1n) is 6.59. The molecule has 0 bridgehead atoms. The van der Waals surface area contributed by atoms with E-state index < -0.39 is 0 Å². The third kappa shape index (κ3) is 3.71. The molecule has 0 fully saturated rings. The molecule has 0 aliphatic heterocycles. The zero-order chi connectivity index (χ0) is 14.2. The monoisotopic (exact) mass is 276 g/mol. The molecule has 0 saturated carbocycles. The van der Waals surface area contributed by atoms with Gasteiger partial charge >= 0.3 is 0 Å². The van der Waals surface area contributed by atoms with Crippen LogP contribution in [0.25, 0.3) is 0 Å². The molecule has 2 aromatic rings. The number of hydrogen-bond acceptors (Lipinski definition) is 5. The molecule has 2 aromatic heterocycles. The second-order valence-corrected chi connectivity index (χ2v) is 4.29. The van der Waals surface area contributed by atoms with Gasteiger partial charge < -0.3 is 14.8 Å². The van der Waals surface area contributed by atoms with Crippen LogP contribution in [0.4, 0.5) is 0 Å². The van der Waals surface area contributed by atoms with Crippen LogP contribution in [0, 0.1) is 0 Å². The first kappa shape index (κ1) is 14.3. The van der Waals surface area contributed by atoms with Crippen molar-refractivity contribution in [3.8, 4) is 11.5 Å². The number of methoxy groups -OCH3 is 2. The number of aromatic nitrogens is 3. The second-order valence-electron chi connectivity index (χ2n) is 4.29. The summed E-state index contributed by atoms with van der Waals surface area (Å²) in [4.78, 5) is 4.32. The molecule has 108 valence electrons. The van der Waals surface area contributed by atoms with E-state index in [-0.39, 0.29) is 0 Å². The summed E-state index contributed by atoms with van der Waals surface area (Å²) in [5, 5.41) is 7.51. The smallest absolute Gasteiger partial charge is 0.183 e. The molecule has 0 saturated heterocycles. The Hall–Kier alpha value is -2.08. The van der Waals surface area contributed by atoms with Gasteiger partial charge in [0.25, 0.3) is 0 Å². The zero-order valence-corrected chi connectivity index (χ0v) is 11.9. The third-order valence-electron chi connectivity index (χ3n) is 2.96. The average Bonchev–Trinajstić information content (AvgIpc) is 2.99. The normalized spacial score (nSPS) is 10.5. The summed E-state index contributed by atoms with van der Waals surface area (Å²) in [6.45, 7) is 2.45. The van der Waals surface area contributed by atoms with Crippen molar-refractivity contribution < 1.29 is 9.47 Å². The fourth-order valence-corrected chi connectivity index (χ4v) is 1.98. The maximum absolute atomic E-state index is 5.34. The lowest BCUT2D eigenvalue weighted by molar-refractivity contribution is 0.348.